The van der Waals surface area contributed by atoms with Gasteiger partial charge in [-0.2, -0.15) is 0 Å². The first kappa shape index (κ1) is 44.9. The summed E-state index contributed by atoms with van der Waals surface area (Å²) < 4.78 is 2.44. The third-order valence-corrected chi connectivity index (χ3v) is 10.8. The minimum Gasteiger partial charge on any atom is -0.328 e. The largest absolute Gasteiger partial charge is 0.328 e. The zero-order valence-corrected chi connectivity index (χ0v) is 33.1. The molecular formula is C43H92N2+2. The van der Waals surface area contributed by atoms with Crippen molar-refractivity contribution in [2.24, 2.45) is 0 Å². The number of rotatable bonds is 38. The van der Waals surface area contributed by atoms with E-state index in [2.05, 4.69) is 42.0 Å². The van der Waals surface area contributed by atoms with Crippen LogP contribution in [-0.2, 0) is 0 Å². The maximum atomic E-state index is 2.47. The molecule has 0 bridgehead atoms. The lowest BCUT2D eigenvalue weighted by Gasteiger charge is -2.33. The third kappa shape index (κ3) is 36.6. The lowest BCUT2D eigenvalue weighted by molar-refractivity contribution is -0.909. The molecule has 0 fully saturated rings. The minimum absolute atomic E-state index is 1.22. The summed E-state index contributed by atoms with van der Waals surface area (Å²) in [6, 6.07) is 0. The van der Waals surface area contributed by atoms with Crippen molar-refractivity contribution in [2.75, 3.05) is 54.4 Å². The van der Waals surface area contributed by atoms with Gasteiger partial charge in [0, 0.05) is 6.42 Å². The zero-order valence-electron chi connectivity index (χ0n) is 33.1. The molecular weight excluding hydrogens is 544 g/mol. The monoisotopic (exact) mass is 637 g/mol. The van der Waals surface area contributed by atoms with Gasteiger partial charge < -0.3 is 8.97 Å². The van der Waals surface area contributed by atoms with E-state index >= 15 is 0 Å². The van der Waals surface area contributed by atoms with E-state index in [1.165, 1.54) is 247 Å². The summed E-state index contributed by atoms with van der Waals surface area (Å²) in [5.74, 6) is 0. The van der Waals surface area contributed by atoms with Crippen LogP contribution in [0.25, 0.3) is 0 Å². The molecule has 0 aromatic rings. The number of unbranched alkanes of at least 4 members (excludes halogenated alkanes) is 30. The average Bonchev–Trinajstić information content (AvgIpc) is 3.00. The minimum atomic E-state index is 1.22. The van der Waals surface area contributed by atoms with Crippen LogP contribution < -0.4 is 0 Å². The topological polar surface area (TPSA) is 0 Å². The van der Waals surface area contributed by atoms with Crippen LogP contribution in [0.4, 0.5) is 0 Å². The van der Waals surface area contributed by atoms with Crippen molar-refractivity contribution in [3.8, 4) is 0 Å². The van der Waals surface area contributed by atoms with Gasteiger partial charge in [-0.15, -0.1) is 0 Å². The average molecular weight is 637 g/mol. The van der Waals surface area contributed by atoms with E-state index in [-0.39, 0.29) is 0 Å². The maximum absolute atomic E-state index is 2.47. The van der Waals surface area contributed by atoms with Gasteiger partial charge in [0.15, 0.2) is 0 Å². The highest BCUT2D eigenvalue weighted by Crippen LogP contribution is 2.16. The molecule has 0 unspecified atom stereocenters. The number of hydrogen-bond acceptors (Lipinski definition) is 0. The highest BCUT2D eigenvalue weighted by Gasteiger charge is 2.19. The van der Waals surface area contributed by atoms with Crippen molar-refractivity contribution in [1.82, 2.24) is 0 Å². The molecule has 0 amide bonds. The van der Waals surface area contributed by atoms with Crippen LogP contribution >= 0.6 is 0 Å². The predicted molar refractivity (Wildman–Crippen MR) is 207 cm³/mol. The van der Waals surface area contributed by atoms with Gasteiger partial charge in [-0.25, -0.2) is 0 Å². The Hall–Kier alpha value is -0.0800. The SMILES string of the molecule is CCCCCCCCCCCCCCCCCCCC[N+](C)(C)CCC[N+](C)(C)CCCCCCCCCCCCCCCC. The van der Waals surface area contributed by atoms with Crippen LogP contribution in [0.15, 0.2) is 0 Å². The summed E-state index contributed by atoms with van der Waals surface area (Å²) in [7, 11) is 9.89. The molecule has 2 nitrogen and oxygen atoms in total. The Bertz CT molecular complexity index is 554. The Kier molecular flexibility index (Phi) is 33.7. The molecule has 0 saturated carbocycles. The molecule has 2 heteroatoms. The second-order valence-corrected chi connectivity index (χ2v) is 16.7. The Morgan fingerprint density at radius 1 is 0.200 bits per heavy atom. The fraction of sp³-hybridized carbons (Fsp3) is 1.00. The normalized spacial score (nSPS) is 12.4. The highest BCUT2D eigenvalue weighted by molar-refractivity contribution is 4.52. The van der Waals surface area contributed by atoms with E-state index in [9.17, 15) is 0 Å². The smallest absolute Gasteiger partial charge is 0.0836 e. The number of quaternary nitrogens is 2. The molecule has 0 atom stereocenters. The van der Waals surface area contributed by atoms with Gasteiger partial charge in [0.05, 0.1) is 54.4 Å². The molecule has 0 saturated heterocycles. The zero-order chi connectivity index (χ0) is 33.2. The number of hydrogen-bond donors (Lipinski definition) is 0. The summed E-state index contributed by atoms with van der Waals surface area (Å²) in [6.07, 6.45) is 48.1. The van der Waals surface area contributed by atoms with Crippen LogP contribution in [0.5, 0.6) is 0 Å². The summed E-state index contributed by atoms with van der Waals surface area (Å²) in [4.78, 5) is 0. The lowest BCUT2D eigenvalue weighted by Crippen LogP contribution is -2.46. The van der Waals surface area contributed by atoms with Crippen molar-refractivity contribution in [3.05, 3.63) is 0 Å². The quantitative estimate of drug-likeness (QED) is 0.0467. The lowest BCUT2D eigenvalue weighted by atomic mass is 10.0. The molecule has 0 aliphatic heterocycles. The molecule has 0 aromatic carbocycles. The third-order valence-electron chi connectivity index (χ3n) is 10.8. The first-order valence-electron chi connectivity index (χ1n) is 21.5. The molecule has 0 N–H and O–H groups in total. The summed E-state index contributed by atoms with van der Waals surface area (Å²) in [5, 5.41) is 0. The van der Waals surface area contributed by atoms with E-state index in [1.807, 2.05) is 0 Å². The molecule has 0 spiro atoms. The van der Waals surface area contributed by atoms with E-state index < -0.39 is 0 Å². The molecule has 272 valence electrons. The van der Waals surface area contributed by atoms with Gasteiger partial charge in [-0.1, -0.05) is 194 Å². The molecule has 45 heavy (non-hydrogen) atoms. The number of nitrogens with zero attached hydrogens (tertiary/aromatic N) is 2. The Morgan fingerprint density at radius 3 is 0.556 bits per heavy atom. The van der Waals surface area contributed by atoms with E-state index in [0.29, 0.717) is 0 Å². The van der Waals surface area contributed by atoms with E-state index in [4.69, 9.17) is 0 Å². The van der Waals surface area contributed by atoms with Gasteiger partial charge in [-0.05, 0) is 25.7 Å². The molecule has 0 rings (SSSR count). The maximum Gasteiger partial charge on any atom is 0.0836 e. The first-order valence-corrected chi connectivity index (χ1v) is 21.5. The summed E-state index contributed by atoms with van der Waals surface area (Å²) in [6.45, 7) is 10.0. The summed E-state index contributed by atoms with van der Waals surface area (Å²) >= 11 is 0. The second-order valence-electron chi connectivity index (χ2n) is 16.7. The van der Waals surface area contributed by atoms with Gasteiger partial charge >= 0.3 is 0 Å². The second kappa shape index (κ2) is 33.8. The van der Waals surface area contributed by atoms with Crippen molar-refractivity contribution in [3.63, 3.8) is 0 Å². The fourth-order valence-electron chi connectivity index (χ4n) is 7.33. The van der Waals surface area contributed by atoms with Gasteiger partial charge in [0.25, 0.3) is 0 Å². The molecule has 0 radical (unpaired) electrons. The molecule has 0 aromatic heterocycles. The predicted octanol–water partition coefficient (Wildman–Crippen LogP) is 14.1. The van der Waals surface area contributed by atoms with Crippen LogP contribution in [0.2, 0.25) is 0 Å². The standard InChI is InChI=1S/C43H92N2/c1-7-9-11-13-15-17-19-21-23-24-25-26-28-30-32-34-36-38-41-45(5,6)43-39-42-44(3,4)40-37-35-33-31-29-27-22-20-18-16-14-12-10-8-2/h7-43H2,1-6H3/q+2. The molecule has 0 aliphatic carbocycles. The van der Waals surface area contributed by atoms with Gasteiger partial charge in [0.1, 0.15) is 0 Å². The van der Waals surface area contributed by atoms with Crippen LogP contribution in [-0.4, -0.2) is 63.3 Å². The van der Waals surface area contributed by atoms with Crippen LogP contribution in [0.3, 0.4) is 0 Å². The van der Waals surface area contributed by atoms with Crippen molar-refractivity contribution < 1.29 is 8.97 Å². The summed E-state index contributed by atoms with van der Waals surface area (Å²) in [5.41, 5.74) is 0. The van der Waals surface area contributed by atoms with Gasteiger partial charge in [0.2, 0.25) is 0 Å². The Morgan fingerprint density at radius 2 is 0.356 bits per heavy atom. The van der Waals surface area contributed by atoms with Crippen LogP contribution in [0, 0.1) is 0 Å². The van der Waals surface area contributed by atoms with Crippen LogP contribution in [0.1, 0.15) is 226 Å². The first-order chi connectivity index (χ1) is 21.8. The van der Waals surface area contributed by atoms with E-state index in [0.717, 1.165) is 0 Å². The molecule has 0 aliphatic rings. The highest BCUT2D eigenvalue weighted by atomic mass is 15.3. The Labute approximate surface area is 288 Å². The van der Waals surface area contributed by atoms with Gasteiger partial charge in [-0.3, -0.25) is 0 Å². The van der Waals surface area contributed by atoms with E-state index in [1.54, 1.807) is 0 Å². The fourth-order valence-corrected chi connectivity index (χ4v) is 7.33. The van der Waals surface area contributed by atoms with Crippen molar-refractivity contribution in [1.29, 1.82) is 0 Å². The van der Waals surface area contributed by atoms with Crippen molar-refractivity contribution >= 4 is 0 Å². The van der Waals surface area contributed by atoms with Crippen molar-refractivity contribution in [2.45, 2.75) is 226 Å². The Balaban J connectivity index is 3.48. The molecule has 0 heterocycles.